The van der Waals surface area contributed by atoms with E-state index >= 15 is 0 Å². The molecule has 62 valence electrons. The first-order valence-electron chi connectivity index (χ1n) is 3.10. The maximum Gasteiger partial charge on any atom is 0.356 e. The molecule has 2 N–H and O–H groups in total. The van der Waals surface area contributed by atoms with E-state index in [0.717, 1.165) is 0 Å². The maximum atomic E-state index is 10.8. The van der Waals surface area contributed by atoms with Gasteiger partial charge in [-0.25, -0.2) is 4.79 Å². The van der Waals surface area contributed by atoms with E-state index in [9.17, 15) is 4.79 Å². The molecule has 11 heavy (non-hydrogen) atoms. The molecule has 0 bridgehead atoms. The van der Waals surface area contributed by atoms with Crippen LogP contribution in [0.25, 0.3) is 0 Å². The van der Waals surface area contributed by atoms with E-state index in [-0.39, 0.29) is 5.71 Å². The molecule has 0 aromatic rings. The van der Waals surface area contributed by atoms with Crippen molar-refractivity contribution >= 4 is 11.7 Å². The Morgan fingerprint density at radius 1 is 1.64 bits per heavy atom. The monoisotopic (exact) mass is 156 g/mol. The fourth-order valence-electron chi connectivity index (χ4n) is 0.535. The van der Waals surface area contributed by atoms with Crippen molar-refractivity contribution in [3.8, 4) is 0 Å². The second-order valence-corrected chi connectivity index (χ2v) is 1.99. The molecule has 0 aliphatic carbocycles. The van der Waals surface area contributed by atoms with Crippen LogP contribution in [0.1, 0.15) is 6.92 Å². The molecular formula is C7H12N2O2. The first kappa shape index (κ1) is 9.68. The molecule has 0 saturated heterocycles. The van der Waals surface area contributed by atoms with Gasteiger partial charge in [-0.2, -0.15) is 0 Å². The summed E-state index contributed by atoms with van der Waals surface area (Å²) in [5, 5.41) is 0. The summed E-state index contributed by atoms with van der Waals surface area (Å²) in [5.74, 6) is -0.475. The van der Waals surface area contributed by atoms with Crippen LogP contribution in [-0.2, 0) is 9.53 Å². The topological polar surface area (TPSA) is 64.7 Å². The summed E-state index contributed by atoms with van der Waals surface area (Å²) >= 11 is 0. The van der Waals surface area contributed by atoms with Crippen molar-refractivity contribution in [1.29, 1.82) is 0 Å². The normalized spacial score (nSPS) is 13.0. The van der Waals surface area contributed by atoms with Gasteiger partial charge in [0, 0.05) is 12.7 Å². The fourth-order valence-corrected chi connectivity index (χ4v) is 0.535. The number of nitrogens with zero attached hydrogens (tertiary/aromatic N) is 1. The number of nitrogens with two attached hydrogens (primary N) is 1. The fraction of sp³-hybridized carbons (Fsp3) is 0.429. The number of allylic oxidation sites excluding steroid dienone is 1. The minimum atomic E-state index is -0.475. The molecular weight excluding hydrogens is 144 g/mol. The highest BCUT2D eigenvalue weighted by atomic mass is 16.5. The predicted octanol–water partition coefficient (Wildman–Crippen LogP) is 0.0927. The number of hydrogen-bond donors (Lipinski definition) is 1. The molecule has 0 aliphatic heterocycles. The number of esters is 1. The van der Waals surface area contributed by atoms with E-state index in [1.807, 2.05) is 0 Å². The van der Waals surface area contributed by atoms with Crippen molar-refractivity contribution in [3.63, 3.8) is 0 Å². The lowest BCUT2D eigenvalue weighted by atomic mass is 10.3. The smallest absolute Gasteiger partial charge is 0.356 e. The van der Waals surface area contributed by atoms with Crippen LogP contribution >= 0.6 is 0 Å². The van der Waals surface area contributed by atoms with Crippen molar-refractivity contribution < 1.29 is 9.53 Å². The van der Waals surface area contributed by atoms with Crippen LogP contribution < -0.4 is 5.73 Å². The highest BCUT2D eigenvalue weighted by Crippen LogP contribution is 1.88. The lowest BCUT2D eigenvalue weighted by molar-refractivity contribution is -0.132. The average Bonchev–Trinajstić information content (AvgIpc) is 1.98. The molecule has 0 unspecified atom stereocenters. The SMILES string of the molecule is CN=C(/C=C(/C)N)C(=O)OC. The highest BCUT2D eigenvalue weighted by molar-refractivity contribution is 6.41. The van der Waals surface area contributed by atoms with Crippen LogP contribution in [0.15, 0.2) is 16.8 Å². The number of carbonyl (C=O) groups excluding carboxylic acids is 1. The van der Waals surface area contributed by atoms with Crippen molar-refractivity contribution in [2.24, 2.45) is 10.7 Å². The first-order valence-corrected chi connectivity index (χ1v) is 3.10. The van der Waals surface area contributed by atoms with Crippen LogP contribution in [0.3, 0.4) is 0 Å². The summed E-state index contributed by atoms with van der Waals surface area (Å²) < 4.78 is 4.43. The molecule has 0 aromatic heterocycles. The van der Waals surface area contributed by atoms with Gasteiger partial charge in [-0.15, -0.1) is 0 Å². The lowest BCUT2D eigenvalue weighted by Gasteiger charge is -1.97. The van der Waals surface area contributed by atoms with E-state index in [4.69, 9.17) is 5.73 Å². The molecule has 4 heteroatoms. The van der Waals surface area contributed by atoms with Crippen LogP contribution in [0.5, 0.6) is 0 Å². The molecule has 0 rings (SSSR count). The Bertz CT molecular complexity index is 202. The number of ether oxygens (including phenoxy) is 1. The van der Waals surface area contributed by atoms with E-state index in [2.05, 4.69) is 9.73 Å². The Kier molecular flexibility index (Phi) is 3.95. The Hall–Kier alpha value is -1.32. The van der Waals surface area contributed by atoms with Gasteiger partial charge in [-0.3, -0.25) is 4.99 Å². The van der Waals surface area contributed by atoms with Crippen LogP contribution in [0.4, 0.5) is 0 Å². The van der Waals surface area contributed by atoms with Crippen molar-refractivity contribution in [3.05, 3.63) is 11.8 Å². The van der Waals surface area contributed by atoms with Gasteiger partial charge in [-0.1, -0.05) is 0 Å². The second kappa shape index (κ2) is 4.49. The molecule has 0 radical (unpaired) electrons. The lowest BCUT2D eigenvalue weighted by Crippen LogP contribution is -2.14. The maximum absolute atomic E-state index is 10.8. The summed E-state index contributed by atoms with van der Waals surface area (Å²) in [6.07, 6.45) is 1.46. The Morgan fingerprint density at radius 2 is 2.18 bits per heavy atom. The first-order chi connectivity index (χ1) is 5.11. The quantitative estimate of drug-likeness (QED) is 0.455. The van der Waals surface area contributed by atoms with Gasteiger partial charge in [0.15, 0.2) is 0 Å². The second-order valence-electron chi connectivity index (χ2n) is 1.99. The van der Waals surface area contributed by atoms with Gasteiger partial charge in [0.25, 0.3) is 0 Å². The molecule has 0 heterocycles. The average molecular weight is 156 g/mol. The zero-order valence-corrected chi connectivity index (χ0v) is 6.92. The molecule has 0 spiro atoms. The summed E-state index contributed by atoms with van der Waals surface area (Å²) in [7, 11) is 2.80. The van der Waals surface area contributed by atoms with Crippen molar-refractivity contribution in [2.45, 2.75) is 6.92 Å². The highest BCUT2D eigenvalue weighted by Gasteiger charge is 2.06. The third-order valence-electron chi connectivity index (χ3n) is 1.000. The van der Waals surface area contributed by atoms with Gasteiger partial charge in [-0.05, 0) is 13.0 Å². The van der Waals surface area contributed by atoms with Crippen molar-refractivity contribution in [1.82, 2.24) is 0 Å². The minimum absolute atomic E-state index is 0.229. The number of hydrogen-bond acceptors (Lipinski definition) is 4. The molecule has 0 aromatic carbocycles. The van der Waals surface area contributed by atoms with Crippen LogP contribution in [0.2, 0.25) is 0 Å². The number of rotatable bonds is 2. The Labute approximate surface area is 65.7 Å². The molecule has 0 fully saturated rings. The number of aliphatic imine (C=N–C) groups is 1. The number of methoxy groups -OCH3 is 1. The minimum Gasteiger partial charge on any atom is -0.464 e. The standard InChI is InChI=1S/C7H12N2O2/c1-5(8)4-6(9-2)7(10)11-3/h4H,8H2,1-3H3/b5-4-,9-6?. The zero-order chi connectivity index (χ0) is 8.85. The molecule has 0 aliphatic rings. The Morgan fingerprint density at radius 3 is 2.45 bits per heavy atom. The molecule has 4 nitrogen and oxygen atoms in total. The van der Waals surface area contributed by atoms with Gasteiger partial charge < -0.3 is 10.5 Å². The van der Waals surface area contributed by atoms with Gasteiger partial charge in [0.2, 0.25) is 0 Å². The predicted molar refractivity (Wildman–Crippen MR) is 43.3 cm³/mol. The third kappa shape index (κ3) is 3.40. The molecule has 0 atom stereocenters. The zero-order valence-electron chi connectivity index (χ0n) is 6.92. The van der Waals surface area contributed by atoms with Gasteiger partial charge in [0.1, 0.15) is 5.71 Å². The van der Waals surface area contributed by atoms with Crippen LogP contribution in [-0.4, -0.2) is 25.8 Å². The molecule has 0 amide bonds. The van der Waals surface area contributed by atoms with Crippen LogP contribution in [0, 0.1) is 0 Å². The van der Waals surface area contributed by atoms with Gasteiger partial charge >= 0.3 is 5.97 Å². The van der Waals surface area contributed by atoms with E-state index < -0.39 is 5.97 Å². The summed E-state index contributed by atoms with van der Waals surface area (Å²) in [6.45, 7) is 1.67. The van der Waals surface area contributed by atoms with E-state index in [1.165, 1.54) is 20.2 Å². The van der Waals surface area contributed by atoms with E-state index in [1.54, 1.807) is 6.92 Å². The molecule has 0 saturated carbocycles. The van der Waals surface area contributed by atoms with E-state index in [0.29, 0.717) is 5.70 Å². The summed E-state index contributed by atoms with van der Waals surface area (Å²) in [4.78, 5) is 14.5. The number of carbonyl (C=O) groups is 1. The van der Waals surface area contributed by atoms with Gasteiger partial charge in [0.05, 0.1) is 7.11 Å². The summed E-state index contributed by atoms with van der Waals surface area (Å²) in [6, 6.07) is 0. The van der Waals surface area contributed by atoms with Crippen molar-refractivity contribution in [2.75, 3.05) is 14.2 Å². The Balaban J connectivity index is 4.45. The summed E-state index contributed by atoms with van der Waals surface area (Å²) in [5.41, 5.74) is 6.09. The third-order valence-corrected chi connectivity index (χ3v) is 1.000. The largest absolute Gasteiger partial charge is 0.464 e.